The first-order valence-electron chi connectivity index (χ1n) is 34.2. The summed E-state index contributed by atoms with van der Waals surface area (Å²) in [6, 6.07) is 117. The molecule has 462 valence electrons. The van der Waals surface area contributed by atoms with Gasteiger partial charge in [0.25, 0.3) is 0 Å². The summed E-state index contributed by atoms with van der Waals surface area (Å²) in [7, 11) is 0. The van der Waals surface area contributed by atoms with Crippen LogP contribution in [0, 0.1) is 13.8 Å². The molecule has 0 atom stereocenters. The van der Waals surface area contributed by atoms with Crippen LogP contribution in [0.2, 0.25) is 0 Å². The summed E-state index contributed by atoms with van der Waals surface area (Å²) in [6.45, 7) is 9.29. The first-order chi connectivity index (χ1) is 46.3. The van der Waals surface area contributed by atoms with E-state index in [-0.39, 0.29) is 0 Å². The van der Waals surface area contributed by atoms with Crippen LogP contribution < -0.4 is 9.80 Å². The highest BCUT2D eigenvalue weighted by molar-refractivity contribution is 5.87. The summed E-state index contributed by atoms with van der Waals surface area (Å²) in [5.74, 6) is 0. The zero-order valence-corrected chi connectivity index (χ0v) is 55.0. The predicted octanol–water partition coefficient (Wildman–Crippen LogP) is 26.8. The fourth-order valence-corrected chi connectivity index (χ4v) is 13.6. The number of nitrogens with zero attached hydrogens (tertiary/aromatic N) is 2. The third kappa shape index (κ3) is 14.4. The highest BCUT2D eigenvalue weighted by Gasteiger charge is 2.21. The molecule has 0 amide bonds. The molecule has 0 saturated heterocycles. The smallest absolute Gasteiger partial charge is 0.0464 e. The molecule has 94 heavy (non-hydrogen) atoms. The third-order valence-corrected chi connectivity index (χ3v) is 18.8. The second-order valence-electron chi connectivity index (χ2n) is 25.3. The molecular weight excluding hydrogens is 1130 g/mol. The van der Waals surface area contributed by atoms with E-state index in [0.717, 1.165) is 59.8 Å². The summed E-state index contributed by atoms with van der Waals surface area (Å²) in [6.07, 6.45) is 11.7. The number of hydrogen-bond donors (Lipinski definition) is 0. The minimum atomic E-state index is 1.03. The number of unbranched alkanes of at least 4 members (excludes halogenated alkanes) is 6. The summed E-state index contributed by atoms with van der Waals surface area (Å²) >= 11 is 0. The number of anilines is 6. The minimum Gasteiger partial charge on any atom is -0.310 e. The van der Waals surface area contributed by atoms with Crippen molar-refractivity contribution in [2.45, 2.75) is 91.9 Å². The van der Waals surface area contributed by atoms with E-state index >= 15 is 0 Å². The normalized spacial score (nSPS) is 11.2. The lowest BCUT2D eigenvalue weighted by atomic mass is 9.84. The van der Waals surface area contributed by atoms with Crippen LogP contribution >= 0.6 is 0 Å². The van der Waals surface area contributed by atoms with Gasteiger partial charge in [-0.05, 0) is 224 Å². The molecule has 13 rings (SSSR count). The van der Waals surface area contributed by atoms with E-state index < -0.39 is 0 Å². The molecule has 0 N–H and O–H groups in total. The molecule has 0 radical (unpaired) electrons. The van der Waals surface area contributed by atoms with E-state index in [1.165, 1.54) is 150 Å². The van der Waals surface area contributed by atoms with Crippen molar-refractivity contribution < 1.29 is 0 Å². The van der Waals surface area contributed by atoms with Crippen molar-refractivity contribution in [2.24, 2.45) is 0 Å². The lowest BCUT2D eigenvalue weighted by Crippen LogP contribution is -2.10. The van der Waals surface area contributed by atoms with Gasteiger partial charge in [-0.1, -0.05) is 295 Å². The monoisotopic (exact) mass is 1220 g/mol. The fourth-order valence-electron chi connectivity index (χ4n) is 13.6. The number of aryl methyl sites for hydroxylation is 4. The summed E-state index contributed by atoms with van der Waals surface area (Å²) in [5, 5.41) is 0. The average molecular weight is 1220 g/mol. The van der Waals surface area contributed by atoms with Crippen molar-refractivity contribution in [3.63, 3.8) is 0 Å². The van der Waals surface area contributed by atoms with Gasteiger partial charge < -0.3 is 9.80 Å². The van der Waals surface area contributed by atoms with Gasteiger partial charge in [0.2, 0.25) is 0 Å². The van der Waals surface area contributed by atoms with Crippen LogP contribution in [-0.4, -0.2) is 0 Å². The molecule has 13 aromatic carbocycles. The SMILES string of the molecule is CCCCCCc1cc(-c2ccc(N(c3ccc(-c4ccccc4)cc3)c3ccc(-c4ccc(-c5ccccc5)cc4)cc3)cc2C)c(CCCCCC)cc1-c1ccc(N(c2ccc(-c3ccccc3)cc2)c2ccc(-c3ccc(-c4ccccc4)cc3)cc2)cc1C. The lowest BCUT2D eigenvalue weighted by Gasteiger charge is -2.28. The summed E-state index contributed by atoms with van der Waals surface area (Å²) in [5.41, 5.74) is 32.0. The lowest BCUT2D eigenvalue weighted by molar-refractivity contribution is 0.664. The van der Waals surface area contributed by atoms with E-state index in [9.17, 15) is 0 Å². The fraction of sp³-hybridized carbons (Fsp3) is 0.152. The molecule has 0 heterocycles. The van der Waals surface area contributed by atoms with Crippen molar-refractivity contribution in [3.8, 4) is 89.0 Å². The Bertz CT molecular complexity index is 4260. The summed E-state index contributed by atoms with van der Waals surface area (Å²) in [4.78, 5) is 4.85. The molecule has 13 aromatic rings. The average Bonchev–Trinajstić information content (AvgIpc) is 0.803. The molecule has 0 aromatic heterocycles. The zero-order chi connectivity index (χ0) is 64.0. The van der Waals surface area contributed by atoms with Gasteiger partial charge in [0, 0.05) is 34.1 Å². The van der Waals surface area contributed by atoms with Crippen LogP contribution in [0.1, 0.15) is 87.5 Å². The molecule has 2 heteroatoms. The minimum absolute atomic E-state index is 1.03. The maximum Gasteiger partial charge on any atom is 0.0464 e. The Morgan fingerprint density at radius 2 is 0.426 bits per heavy atom. The summed E-state index contributed by atoms with van der Waals surface area (Å²) < 4.78 is 0. The maximum absolute atomic E-state index is 2.61. The standard InChI is InChI=1S/C92H84N2/c1-5-7-9-15-33-81-65-92(90-62-60-88(64-68(90)4)94(84-53-45-78(46-54-84)72-31-23-14-24-32-72)86-57-49-80(50-58-86)76-41-37-74(38-42-76)70-27-19-12-20-28-70)82(34-16-10-8-6-2)66-91(81)89-61-59-87(63-67(89)3)93(83-51-43-77(44-52-83)71-29-21-13-22-30-71)85-55-47-79(48-56-85)75-39-35-73(36-40-75)69-25-17-11-18-26-69/h11-14,17-32,35-66H,5-10,15-16,33-34H2,1-4H3. The van der Waals surface area contributed by atoms with E-state index in [1.807, 2.05) is 0 Å². The van der Waals surface area contributed by atoms with Crippen LogP contribution in [0.3, 0.4) is 0 Å². The van der Waals surface area contributed by atoms with Crippen molar-refractivity contribution in [2.75, 3.05) is 9.80 Å². The van der Waals surface area contributed by atoms with Crippen LogP contribution in [0.5, 0.6) is 0 Å². The molecule has 0 saturated carbocycles. The molecular formula is C92H84N2. The van der Waals surface area contributed by atoms with Crippen LogP contribution in [0.4, 0.5) is 34.1 Å². The van der Waals surface area contributed by atoms with Gasteiger partial charge in [0.05, 0.1) is 0 Å². The Morgan fingerprint density at radius 1 is 0.202 bits per heavy atom. The van der Waals surface area contributed by atoms with E-state index in [0.29, 0.717) is 0 Å². The van der Waals surface area contributed by atoms with Crippen molar-refractivity contribution in [1.29, 1.82) is 0 Å². The molecule has 0 aliphatic heterocycles. The Hall–Kier alpha value is -10.5. The first-order valence-corrected chi connectivity index (χ1v) is 34.2. The zero-order valence-electron chi connectivity index (χ0n) is 55.0. The van der Waals surface area contributed by atoms with E-state index in [2.05, 4.69) is 353 Å². The Kier molecular flexibility index (Phi) is 19.8. The van der Waals surface area contributed by atoms with Crippen molar-refractivity contribution in [1.82, 2.24) is 0 Å². The molecule has 0 bridgehead atoms. The Balaban J connectivity index is 0.861. The van der Waals surface area contributed by atoms with Crippen molar-refractivity contribution in [3.05, 3.63) is 338 Å². The highest BCUT2D eigenvalue weighted by Crippen LogP contribution is 2.44. The Morgan fingerprint density at radius 3 is 0.660 bits per heavy atom. The molecule has 0 aliphatic rings. The molecule has 0 aliphatic carbocycles. The van der Waals surface area contributed by atoms with Gasteiger partial charge in [0.15, 0.2) is 0 Å². The second kappa shape index (κ2) is 29.8. The maximum atomic E-state index is 2.61. The van der Waals surface area contributed by atoms with E-state index in [4.69, 9.17) is 0 Å². The number of rotatable bonds is 24. The molecule has 0 fully saturated rings. The highest BCUT2D eigenvalue weighted by atomic mass is 15.1. The largest absolute Gasteiger partial charge is 0.310 e. The van der Waals surface area contributed by atoms with Crippen LogP contribution in [0.25, 0.3) is 89.0 Å². The van der Waals surface area contributed by atoms with Gasteiger partial charge in [-0.15, -0.1) is 0 Å². The van der Waals surface area contributed by atoms with Gasteiger partial charge in [0.1, 0.15) is 0 Å². The van der Waals surface area contributed by atoms with Gasteiger partial charge in [-0.3, -0.25) is 0 Å². The topological polar surface area (TPSA) is 6.48 Å². The van der Waals surface area contributed by atoms with Crippen LogP contribution in [0.15, 0.2) is 315 Å². The predicted molar refractivity (Wildman–Crippen MR) is 404 cm³/mol. The molecule has 2 nitrogen and oxygen atoms in total. The van der Waals surface area contributed by atoms with Gasteiger partial charge >= 0.3 is 0 Å². The Labute approximate surface area is 559 Å². The van der Waals surface area contributed by atoms with E-state index in [1.54, 1.807) is 0 Å². The van der Waals surface area contributed by atoms with Crippen LogP contribution in [-0.2, 0) is 12.8 Å². The number of hydrogen-bond acceptors (Lipinski definition) is 2. The van der Waals surface area contributed by atoms with Gasteiger partial charge in [-0.25, -0.2) is 0 Å². The quantitative estimate of drug-likeness (QED) is 0.0557. The molecule has 0 spiro atoms. The first kappa shape index (κ1) is 62.3. The number of benzene rings is 13. The van der Waals surface area contributed by atoms with Crippen molar-refractivity contribution >= 4 is 34.1 Å². The van der Waals surface area contributed by atoms with Gasteiger partial charge in [-0.2, -0.15) is 0 Å². The molecule has 0 unspecified atom stereocenters. The second-order valence-corrected chi connectivity index (χ2v) is 25.3. The third-order valence-electron chi connectivity index (χ3n) is 18.8.